The number of carboxylic acid groups (broad SMARTS) is 1. The van der Waals surface area contributed by atoms with Crippen molar-refractivity contribution in [2.45, 2.75) is 78.4 Å². The van der Waals surface area contributed by atoms with Crippen molar-refractivity contribution in [2.75, 3.05) is 6.54 Å². The lowest BCUT2D eigenvalue weighted by Crippen LogP contribution is -2.51. The van der Waals surface area contributed by atoms with Crippen LogP contribution in [0.3, 0.4) is 0 Å². The van der Waals surface area contributed by atoms with E-state index in [2.05, 4.69) is 5.32 Å². The van der Waals surface area contributed by atoms with Crippen LogP contribution >= 0.6 is 0 Å². The van der Waals surface area contributed by atoms with Gasteiger partial charge in [-0.2, -0.15) is 0 Å². The Morgan fingerprint density at radius 2 is 1.83 bits per heavy atom. The molecule has 1 aromatic rings. The third-order valence-corrected chi connectivity index (χ3v) is 5.50. The van der Waals surface area contributed by atoms with Crippen LogP contribution in [-0.4, -0.2) is 64.5 Å². The maximum Gasteiger partial charge on any atom is 0.411 e. The molecule has 4 atom stereocenters. The molecule has 0 radical (unpaired) electrons. The van der Waals surface area contributed by atoms with Crippen LogP contribution in [0.1, 0.15) is 52.2 Å². The fraction of sp³-hybridized carbons (Fsp3) is 0.538. The number of allylic oxidation sites excluding steroid dienone is 1. The second-order valence-corrected chi connectivity index (χ2v) is 9.83. The molecule has 1 aromatic carbocycles. The molecule has 2 rings (SSSR count). The van der Waals surface area contributed by atoms with Crippen molar-refractivity contribution in [3.05, 3.63) is 47.5 Å². The number of amides is 2. The van der Waals surface area contributed by atoms with E-state index in [9.17, 15) is 24.3 Å². The predicted octanol–water partition coefficient (Wildman–Crippen LogP) is 3.81. The lowest BCUT2D eigenvalue weighted by Gasteiger charge is -2.29. The summed E-state index contributed by atoms with van der Waals surface area (Å²) in [6, 6.07) is 4.81. The first-order valence-corrected chi connectivity index (χ1v) is 11.8. The van der Waals surface area contributed by atoms with Crippen molar-refractivity contribution in [3.8, 4) is 0 Å². The van der Waals surface area contributed by atoms with E-state index in [0.717, 1.165) is 11.1 Å². The molecule has 0 bridgehead atoms. The molecule has 10 heteroatoms. The number of aryl methyl sites for hydroxylation is 1. The number of carboxylic acids is 1. The minimum atomic E-state index is -1.55. The van der Waals surface area contributed by atoms with Gasteiger partial charge in [-0.1, -0.05) is 42.0 Å². The fourth-order valence-electron chi connectivity index (χ4n) is 3.74. The molecule has 0 aromatic heterocycles. The summed E-state index contributed by atoms with van der Waals surface area (Å²) in [4.78, 5) is 51.0. The van der Waals surface area contributed by atoms with Crippen molar-refractivity contribution < 1.29 is 38.5 Å². The summed E-state index contributed by atoms with van der Waals surface area (Å²) in [6.45, 7) is 10.5. The Bertz CT molecular complexity index is 967. The van der Waals surface area contributed by atoms with Crippen LogP contribution < -0.4 is 5.32 Å². The SMILES string of the molecule is C/C=C\[C@H]1C[C@@H](C(=O)O[C@H](C)[C@@H](NC(=O)OCc2ccc(C)cc2)C(=O)O)N(C(=O)OC(C)(C)C)C1. The van der Waals surface area contributed by atoms with Gasteiger partial charge >= 0.3 is 24.1 Å². The highest BCUT2D eigenvalue weighted by Crippen LogP contribution is 2.28. The zero-order chi connectivity index (χ0) is 27.0. The monoisotopic (exact) mass is 504 g/mol. The third kappa shape index (κ3) is 8.58. The van der Waals surface area contributed by atoms with Gasteiger partial charge in [-0.05, 0) is 59.4 Å². The van der Waals surface area contributed by atoms with Gasteiger partial charge in [0.15, 0.2) is 6.04 Å². The van der Waals surface area contributed by atoms with E-state index in [-0.39, 0.29) is 19.1 Å². The molecule has 2 N–H and O–H groups in total. The van der Waals surface area contributed by atoms with Crippen LogP contribution in [0.2, 0.25) is 0 Å². The molecule has 198 valence electrons. The number of carbonyl (C=O) groups is 4. The minimum absolute atomic E-state index is 0.0497. The molecule has 0 spiro atoms. The highest BCUT2D eigenvalue weighted by atomic mass is 16.6. The fourth-order valence-corrected chi connectivity index (χ4v) is 3.74. The van der Waals surface area contributed by atoms with Crippen molar-refractivity contribution >= 4 is 24.1 Å². The first-order chi connectivity index (χ1) is 16.8. The molecule has 0 aliphatic carbocycles. The number of hydrogen-bond acceptors (Lipinski definition) is 7. The Hall–Kier alpha value is -3.56. The number of nitrogens with zero attached hydrogens (tertiary/aromatic N) is 1. The largest absolute Gasteiger partial charge is 0.480 e. The summed E-state index contributed by atoms with van der Waals surface area (Å²) in [6.07, 6.45) is 1.18. The number of likely N-dealkylation sites (tertiary alicyclic amines) is 1. The van der Waals surface area contributed by atoms with Crippen molar-refractivity contribution in [1.29, 1.82) is 0 Å². The molecule has 0 unspecified atom stereocenters. The Balaban J connectivity index is 2.03. The quantitative estimate of drug-likeness (QED) is 0.310. The lowest BCUT2D eigenvalue weighted by atomic mass is 10.1. The number of alkyl carbamates (subject to hydrolysis) is 1. The third-order valence-electron chi connectivity index (χ3n) is 5.50. The molecule has 36 heavy (non-hydrogen) atoms. The highest BCUT2D eigenvalue weighted by Gasteiger charge is 2.43. The topological polar surface area (TPSA) is 131 Å². The standard InChI is InChI=1S/C26H36N2O8/c1-7-8-19-13-20(28(14-19)25(33)36-26(4,5)6)23(31)35-17(3)21(22(29)30)27-24(32)34-15-18-11-9-16(2)10-12-18/h7-12,17,19-21H,13-15H2,1-6H3,(H,27,32)(H,29,30)/b8-7-/t17-,19+,20+,21-/m1/s1. The summed E-state index contributed by atoms with van der Waals surface area (Å²) in [7, 11) is 0. The van der Waals surface area contributed by atoms with E-state index in [1.807, 2.05) is 38.1 Å². The molecule has 1 aliphatic rings. The van der Waals surface area contributed by atoms with Crippen molar-refractivity contribution in [1.82, 2.24) is 10.2 Å². The normalized spacial score (nSPS) is 19.4. The van der Waals surface area contributed by atoms with E-state index >= 15 is 0 Å². The average Bonchev–Trinajstić information content (AvgIpc) is 3.20. The zero-order valence-electron chi connectivity index (χ0n) is 21.6. The van der Waals surface area contributed by atoms with Gasteiger partial charge in [0, 0.05) is 6.54 Å². The number of rotatable bonds is 8. The second kappa shape index (κ2) is 12.4. The minimum Gasteiger partial charge on any atom is -0.480 e. The summed E-state index contributed by atoms with van der Waals surface area (Å²) in [5.41, 5.74) is 1.03. The number of benzene rings is 1. The molecule has 2 amide bonds. The number of carbonyl (C=O) groups excluding carboxylic acids is 3. The van der Waals surface area contributed by atoms with Crippen LogP contribution in [0.5, 0.6) is 0 Å². The first-order valence-electron chi connectivity index (χ1n) is 11.8. The smallest absolute Gasteiger partial charge is 0.411 e. The predicted molar refractivity (Wildman–Crippen MR) is 131 cm³/mol. The van der Waals surface area contributed by atoms with Crippen LogP contribution in [0.15, 0.2) is 36.4 Å². The maximum absolute atomic E-state index is 13.0. The number of ether oxygens (including phenoxy) is 3. The molecule has 1 aliphatic heterocycles. The number of hydrogen-bond donors (Lipinski definition) is 2. The van der Waals surface area contributed by atoms with E-state index in [0.29, 0.717) is 6.42 Å². The van der Waals surface area contributed by atoms with Gasteiger partial charge in [0.05, 0.1) is 0 Å². The molecule has 1 heterocycles. The van der Waals surface area contributed by atoms with Gasteiger partial charge in [0.25, 0.3) is 0 Å². The summed E-state index contributed by atoms with van der Waals surface area (Å²) < 4.78 is 15.9. The molecular formula is C26H36N2O8. The number of esters is 1. The summed E-state index contributed by atoms with van der Waals surface area (Å²) in [5.74, 6) is -2.26. The van der Waals surface area contributed by atoms with Gasteiger partial charge < -0.3 is 24.6 Å². The van der Waals surface area contributed by atoms with E-state index < -0.39 is 47.9 Å². The van der Waals surface area contributed by atoms with Gasteiger partial charge in [0.2, 0.25) is 0 Å². The van der Waals surface area contributed by atoms with Crippen LogP contribution in [0.4, 0.5) is 9.59 Å². The Morgan fingerprint density at radius 1 is 1.19 bits per heavy atom. The molecule has 1 saturated heterocycles. The zero-order valence-corrected chi connectivity index (χ0v) is 21.6. The lowest BCUT2D eigenvalue weighted by molar-refractivity contribution is -0.158. The van der Waals surface area contributed by atoms with Gasteiger partial charge in [-0.3, -0.25) is 4.90 Å². The summed E-state index contributed by atoms with van der Waals surface area (Å²) in [5, 5.41) is 11.8. The highest BCUT2D eigenvalue weighted by molar-refractivity contribution is 5.84. The molecule has 1 fully saturated rings. The van der Waals surface area contributed by atoms with Crippen LogP contribution in [-0.2, 0) is 30.4 Å². The van der Waals surface area contributed by atoms with Gasteiger partial charge in [-0.25, -0.2) is 19.2 Å². The Labute approximate surface area is 211 Å². The average molecular weight is 505 g/mol. The van der Waals surface area contributed by atoms with E-state index in [1.165, 1.54) is 11.8 Å². The van der Waals surface area contributed by atoms with Crippen LogP contribution in [0.25, 0.3) is 0 Å². The van der Waals surface area contributed by atoms with Crippen LogP contribution in [0, 0.1) is 12.8 Å². The maximum atomic E-state index is 13.0. The van der Waals surface area contributed by atoms with E-state index in [4.69, 9.17) is 14.2 Å². The van der Waals surface area contributed by atoms with Crippen molar-refractivity contribution in [2.24, 2.45) is 5.92 Å². The van der Waals surface area contributed by atoms with Gasteiger partial charge in [0.1, 0.15) is 24.4 Å². The Morgan fingerprint density at radius 3 is 2.39 bits per heavy atom. The van der Waals surface area contributed by atoms with E-state index in [1.54, 1.807) is 32.9 Å². The molecule has 10 nitrogen and oxygen atoms in total. The number of nitrogens with one attached hydrogen (secondary N) is 1. The van der Waals surface area contributed by atoms with Gasteiger partial charge in [-0.15, -0.1) is 0 Å². The Kier molecular flexibility index (Phi) is 9.89. The van der Waals surface area contributed by atoms with Crippen molar-refractivity contribution in [3.63, 3.8) is 0 Å². The number of aliphatic carboxylic acids is 1. The second-order valence-electron chi connectivity index (χ2n) is 9.83. The molecule has 0 saturated carbocycles. The molecular weight excluding hydrogens is 468 g/mol. The summed E-state index contributed by atoms with van der Waals surface area (Å²) >= 11 is 0. The first kappa shape index (κ1) is 28.7.